The lowest BCUT2D eigenvalue weighted by Crippen LogP contribution is -2.03. The van der Waals surface area contributed by atoms with Crippen molar-refractivity contribution in [1.82, 2.24) is 0 Å². The van der Waals surface area contributed by atoms with Crippen LogP contribution in [-0.2, 0) is 6.54 Å². The van der Waals surface area contributed by atoms with E-state index >= 15 is 0 Å². The zero-order valence-corrected chi connectivity index (χ0v) is 11.1. The Morgan fingerprint density at radius 2 is 1.95 bits per heavy atom. The van der Waals surface area contributed by atoms with Gasteiger partial charge < -0.3 is 5.32 Å². The van der Waals surface area contributed by atoms with Gasteiger partial charge in [0.1, 0.15) is 5.82 Å². The molecule has 0 radical (unpaired) electrons. The fraction of sp³-hybridized carbons (Fsp3) is 0.294. The van der Waals surface area contributed by atoms with Gasteiger partial charge in [-0.05, 0) is 60.6 Å². The molecule has 1 aliphatic rings. The number of nitrogens with one attached hydrogen (secondary N) is 1. The molecular formula is C17H18FN. The van der Waals surface area contributed by atoms with Gasteiger partial charge in [-0.2, -0.15) is 0 Å². The third-order valence-corrected chi connectivity index (χ3v) is 3.60. The van der Waals surface area contributed by atoms with E-state index in [0.29, 0.717) is 0 Å². The van der Waals surface area contributed by atoms with Crippen LogP contribution in [0.5, 0.6) is 0 Å². The minimum absolute atomic E-state index is 0.182. The van der Waals surface area contributed by atoms with Gasteiger partial charge in [-0.15, -0.1) is 0 Å². The van der Waals surface area contributed by atoms with Crippen LogP contribution in [0.15, 0.2) is 42.5 Å². The summed E-state index contributed by atoms with van der Waals surface area (Å²) in [5.74, 6) is 0.560. The zero-order chi connectivity index (χ0) is 13.2. The lowest BCUT2D eigenvalue weighted by Gasteiger charge is -2.11. The monoisotopic (exact) mass is 255 g/mol. The van der Waals surface area contributed by atoms with Crippen LogP contribution in [0.25, 0.3) is 0 Å². The Kier molecular flexibility index (Phi) is 3.24. The molecule has 0 aliphatic heterocycles. The normalized spacial score (nSPS) is 14.4. The van der Waals surface area contributed by atoms with Gasteiger partial charge in [0.2, 0.25) is 0 Å². The van der Waals surface area contributed by atoms with E-state index in [-0.39, 0.29) is 5.82 Å². The van der Waals surface area contributed by atoms with E-state index in [1.165, 1.54) is 24.0 Å². The summed E-state index contributed by atoms with van der Waals surface area (Å²) in [6.07, 6.45) is 2.60. The van der Waals surface area contributed by atoms with E-state index in [2.05, 4.69) is 29.6 Å². The van der Waals surface area contributed by atoms with Crippen molar-refractivity contribution in [2.75, 3.05) is 5.32 Å². The molecule has 0 amide bonds. The summed E-state index contributed by atoms with van der Waals surface area (Å²) in [5.41, 5.74) is 4.57. The number of aryl methyl sites for hydroxylation is 1. The Morgan fingerprint density at radius 1 is 1.16 bits per heavy atom. The molecule has 98 valence electrons. The predicted octanol–water partition coefficient (Wildman–Crippen LogP) is 4.62. The van der Waals surface area contributed by atoms with E-state index in [1.54, 1.807) is 12.1 Å². The van der Waals surface area contributed by atoms with Crippen LogP contribution in [0.3, 0.4) is 0 Å². The first-order valence-electron chi connectivity index (χ1n) is 6.81. The molecule has 1 aliphatic carbocycles. The Hall–Kier alpha value is -1.83. The van der Waals surface area contributed by atoms with Gasteiger partial charge in [0, 0.05) is 12.2 Å². The zero-order valence-electron chi connectivity index (χ0n) is 11.1. The maximum Gasteiger partial charge on any atom is 0.125 e. The molecule has 0 saturated heterocycles. The van der Waals surface area contributed by atoms with Gasteiger partial charge in [0.15, 0.2) is 0 Å². The van der Waals surface area contributed by atoms with Crippen LogP contribution in [-0.4, -0.2) is 0 Å². The summed E-state index contributed by atoms with van der Waals surface area (Å²) in [4.78, 5) is 0. The quantitative estimate of drug-likeness (QED) is 0.840. The second-order valence-electron chi connectivity index (χ2n) is 5.34. The molecule has 0 heterocycles. The molecule has 1 nitrogen and oxygen atoms in total. The summed E-state index contributed by atoms with van der Waals surface area (Å²) in [5, 5.41) is 3.33. The summed E-state index contributed by atoms with van der Waals surface area (Å²) in [7, 11) is 0. The van der Waals surface area contributed by atoms with Gasteiger partial charge in [0.05, 0.1) is 0 Å². The van der Waals surface area contributed by atoms with Crippen molar-refractivity contribution in [2.45, 2.75) is 32.2 Å². The largest absolute Gasteiger partial charge is 0.381 e. The van der Waals surface area contributed by atoms with Gasteiger partial charge in [-0.25, -0.2) is 4.39 Å². The third-order valence-electron chi connectivity index (χ3n) is 3.60. The molecule has 0 spiro atoms. The highest BCUT2D eigenvalue weighted by atomic mass is 19.1. The second-order valence-corrected chi connectivity index (χ2v) is 5.34. The fourth-order valence-electron chi connectivity index (χ4n) is 2.52. The van der Waals surface area contributed by atoms with Crippen molar-refractivity contribution in [3.05, 3.63) is 65.0 Å². The molecule has 3 rings (SSSR count). The van der Waals surface area contributed by atoms with E-state index in [9.17, 15) is 4.39 Å². The first-order valence-corrected chi connectivity index (χ1v) is 6.81. The minimum Gasteiger partial charge on any atom is -0.381 e. The molecule has 0 aromatic heterocycles. The highest BCUT2D eigenvalue weighted by Gasteiger charge is 2.25. The van der Waals surface area contributed by atoms with Crippen molar-refractivity contribution in [1.29, 1.82) is 0 Å². The fourth-order valence-corrected chi connectivity index (χ4v) is 2.52. The molecule has 1 saturated carbocycles. The SMILES string of the molecule is Cc1cc(F)cc(NCc2ccccc2C2CC2)c1. The summed E-state index contributed by atoms with van der Waals surface area (Å²) >= 11 is 0. The molecule has 1 N–H and O–H groups in total. The van der Waals surface area contributed by atoms with Crippen LogP contribution >= 0.6 is 0 Å². The maximum absolute atomic E-state index is 13.3. The highest BCUT2D eigenvalue weighted by Crippen LogP contribution is 2.41. The van der Waals surface area contributed by atoms with Crippen molar-refractivity contribution in [3.8, 4) is 0 Å². The van der Waals surface area contributed by atoms with Crippen molar-refractivity contribution >= 4 is 5.69 Å². The molecule has 2 aromatic rings. The van der Waals surface area contributed by atoms with Gasteiger partial charge in [-0.1, -0.05) is 24.3 Å². The average molecular weight is 255 g/mol. The van der Waals surface area contributed by atoms with Crippen LogP contribution in [0.2, 0.25) is 0 Å². The van der Waals surface area contributed by atoms with Crippen LogP contribution in [0.1, 0.15) is 35.4 Å². The Bertz CT molecular complexity index is 567. The van der Waals surface area contributed by atoms with Crippen molar-refractivity contribution < 1.29 is 4.39 Å². The third kappa shape index (κ3) is 2.95. The van der Waals surface area contributed by atoms with Gasteiger partial charge >= 0.3 is 0 Å². The minimum atomic E-state index is -0.182. The molecule has 0 atom stereocenters. The van der Waals surface area contributed by atoms with Gasteiger partial charge in [0.25, 0.3) is 0 Å². The average Bonchev–Trinajstić information content (AvgIpc) is 3.20. The number of halogens is 1. The molecule has 19 heavy (non-hydrogen) atoms. The van der Waals surface area contributed by atoms with E-state index in [4.69, 9.17) is 0 Å². The van der Waals surface area contributed by atoms with Gasteiger partial charge in [-0.3, -0.25) is 0 Å². The summed E-state index contributed by atoms with van der Waals surface area (Å²) in [6.45, 7) is 2.67. The van der Waals surface area contributed by atoms with Crippen LogP contribution in [0.4, 0.5) is 10.1 Å². The standard InChI is InChI=1S/C17H18FN/c1-12-8-15(18)10-16(9-12)19-11-14-4-2-3-5-17(14)13-6-7-13/h2-5,8-10,13,19H,6-7,11H2,1H3. The Labute approximate surface area is 113 Å². The molecule has 1 fully saturated rings. The topological polar surface area (TPSA) is 12.0 Å². The van der Waals surface area contributed by atoms with E-state index in [1.807, 2.05) is 13.0 Å². The molecule has 2 aromatic carbocycles. The van der Waals surface area contributed by atoms with Crippen LogP contribution < -0.4 is 5.32 Å². The van der Waals surface area contributed by atoms with Crippen LogP contribution in [0, 0.1) is 12.7 Å². The Balaban J connectivity index is 1.75. The first-order chi connectivity index (χ1) is 9.22. The lowest BCUT2D eigenvalue weighted by atomic mass is 10.0. The predicted molar refractivity (Wildman–Crippen MR) is 76.9 cm³/mol. The van der Waals surface area contributed by atoms with E-state index in [0.717, 1.165) is 23.7 Å². The summed E-state index contributed by atoms with van der Waals surface area (Å²) < 4.78 is 13.3. The highest BCUT2D eigenvalue weighted by molar-refractivity contribution is 5.47. The number of hydrogen-bond acceptors (Lipinski definition) is 1. The lowest BCUT2D eigenvalue weighted by molar-refractivity contribution is 0.627. The number of benzene rings is 2. The Morgan fingerprint density at radius 3 is 2.68 bits per heavy atom. The molecule has 0 bridgehead atoms. The number of hydrogen-bond donors (Lipinski definition) is 1. The van der Waals surface area contributed by atoms with E-state index < -0.39 is 0 Å². The molecule has 2 heteroatoms. The molecule has 0 unspecified atom stereocenters. The second kappa shape index (κ2) is 5.04. The number of anilines is 1. The summed E-state index contributed by atoms with van der Waals surface area (Å²) in [6, 6.07) is 13.6. The smallest absolute Gasteiger partial charge is 0.125 e. The molecular weight excluding hydrogens is 237 g/mol. The number of rotatable bonds is 4. The van der Waals surface area contributed by atoms with Crippen molar-refractivity contribution in [3.63, 3.8) is 0 Å². The van der Waals surface area contributed by atoms with Crippen molar-refractivity contribution in [2.24, 2.45) is 0 Å². The first kappa shape index (κ1) is 12.2. The maximum atomic E-state index is 13.3.